The Balaban J connectivity index is 2.34. The van der Waals surface area contributed by atoms with Gasteiger partial charge in [0.2, 0.25) is 0 Å². The van der Waals surface area contributed by atoms with E-state index in [-0.39, 0.29) is 11.9 Å². The van der Waals surface area contributed by atoms with E-state index in [0.29, 0.717) is 5.69 Å². The highest BCUT2D eigenvalue weighted by Gasteiger charge is 2.15. The monoisotopic (exact) mass is 243 g/mol. The minimum absolute atomic E-state index is 0.115. The van der Waals surface area contributed by atoms with E-state index in [1.54, 1.807) is 13.1 Å². The van der Waals surface area contributed by atoms with Gasteiger partial charge in [0, 0.05) is 12.7 Å². The van der Waals surface area contributed by atoms with Gasteiger partial charge in [-0.2, -0.15) is 5.10 Å². The summed E-state index contributed by atoms with van der Waals surface area (Å²) in [5.74, 6) is -0.155. The van der Waals surface area contributed by atoms with E-state index in [2.05, 4.69) is 29.5 Å². The molecular weight excluding hydrogens is 226 g/mol. The molecule has 2 rings (SSSR count). The molecule has 4 heteroatoms. The molecule has 18 heavy (non-hydrogen) atoms. The zero-order chi connectivity index (χ0) is 13.1. The van der Waals surface area contributed by atoms with Gasteiger partial charge in [-0.1, -0.05) is 30.3 Å². The van der Waals surface area contributed by atoms with Crippen LogP contribution in [0.1, 0.15) is 34.7 Å². The van der Waals surface area contributed by atoms with Gasteiger partial charge >= 0.3 is 0 Å². The van der Waals surface area contributed by atoms with Crippen molar-refractivity contribution in [2.75, 3.05) is 7.05 Å². The lowest BCUT2D eigenvalue weighted by molar-refractivity contribution is 0.0957. The first kappa shape index (κ1) is 12.4. The fourth-order valence-corrected chi connectivity index (χ4v) is 1.99. The number of carbonyl (C=O) groups is 1. The van der Waals surface area contributed by atoms with Crippen LogP contribution in [0.25, 0.3) is 0 Å². The standard InChI is InChI=1S/C14H17N3O/c1-10-9-13(14(18)15-3)16-17(10)11(2)12-7-5-4-6-8-12/h4-9,11H,1-3H3,(H,15,18). The second-order valence-corrected chi connectivity index (χ2v) is 4.28. The van der Waals surface area contributed by atoms with E-state index < -0.39 is 0 Å². The third-order valence-corrected chi connectivity index (χ3v) is 3.03. The van der Waals surface area contributed by atoms with Gasteiger partial charge in [0.15, 0.2) is 0 Å². The summed E-state index contributed by atoms with van der Waals surface area (Å²) >= 11 is 0. The van der Waals surface area contributed by atoms with Gasteiger partial charge in [-0.05, 0) is 25.5 Å². The third kappa shape index (κ3) is 2.27. The number of nitrogens with zero attached hydrogens (tertiary/aromatic N) is 2. The van der Waals surface area contributed by atoms with Gasteiger partial charge in [0.1, 0.15) is 5.69 Å². The molecule has 0 aliphatic heterocycles. The number of rotatable bonds is 3. The molecule has 1 unspecified atom stereocenters. The van der Waals surface area contributed by atoms with Crippen LogP contribution in [-0.4, -0.2) is 22.7 Å². The van der Waals surface area contributed by atoms with Crippen LogP contribution in [0, 0.1) is 6.92 Å². The largest absolute Gasteiger partial charge is 0.354 e. The summed E-state index contributed by atoms with van der Waals surface area (Å²) in [7, 11) is 1.61. The minimum Gasteiger partial charge on any atom is -0.354 e. The van der Waals surface area contributed by atoms with Crippen molar-refractivity contribution < 1.29 is 4.79 Å². The molecule has 4 nitrogen and oxygen atoms in total. The lowest BCUT2D eigenvalue weighted by Gasteiger charge is -2.14. The minimum atomic E-state index is -0.155. The zero-order valence-electron chi connectivity index (χ0n) is 10.8. The number of hydrogen-bond acceptors (Lipinski definition) is 2. The summed E-state index contributed by atoms with van der Waals surface area (Å²) in [4.78, 5) is 11.6. The lowest BCUT2D eigenvalue weighted by atomic mass is 10.1. The van der Waals surface area contributed by atoms with E-state index in [1.165, 1.54) is 5.56 Å². The molecule has 1 aromatic carbocycles. The van der Waals surface area contributed by atoms with Crippen molar-refractivity contribution in [2.24, 2.45) is 0 Å². The lowest BCUT2D eigenvalue weighted by Crippen LogP contribution is -2.19. The van der Waals surface area contributed by atoms with Gasteiger partial charge in [-0.3, -0.25) is 9.48 Å². The van der Waals surface area contributed by atoms with Crippen molar-refractivity contribution in [1.29, 1.82) is 0 Å². The molecule has 1 N–H and O–H groups in total. The molecule has 1 aromatic heterocycles. The van der Waals surface area contributed by atoms with Gasteiger partial charge in [-0.15, -0.1) is 0 Å². The SMILES string of the molecule is CNC(=O)c1cc(C)n(C(C)c2ccccc2)n1. The fraction of sp³-hybridized carbons (Fsp3) is 0.286. The van der Waals surface area contributed by atoms with Crippen molar-refractivity contribution in [3.63, 3.8) is 0 Å². The van der Waals surface area contributed by atoms with Crippen LogP contribution in [0.5, 0.6) is 0 Å². The Kier molecular flexibility index (Phi) is 3.46. The molecule has 0 radical (unpaired) electrons. The number of aryl methyl sites for hydroxylation is 1. The maximum Gasteiger partial charge on any atom is 0.271 e. The number of benzene rings is 1. The molecule has 1 amide bonds. The molecule has 94 valence electrons. The second-order valence-electron chi connectivity index (χ2n) is 4.28. The molecule has 0 saturated carbocycles. The predicted octanol–water partition coefficient (Wildman–Crippen LogP) is 2.16. The van der Waals surface area contributed by atoms with Crippen LogP contribution in [0.2, 0.25) is 0 Å². The molecule has 0 spiro atoms. The highest BCUT2D eigenvalue weighted by Crippen LogP contribution is 2.19. The first-order chi connectivity index (χ1) is 8.63. The van der Waals surface area contributed by atoms with Gasteiger partial charge in [-0.25, -0.2) is 0 Å². The third-order valence-electron chi connectivity index (χ3n) is 3.03. The fourth-order valence-electron chi connectivity index (χ4n) is 1.99. The molecular formula is C14H17N3O. The van der Waals surface area contributed by atoms with Crippen molar-refractivity contribution in [3.05, 3.63) is 53.3 Å². The summed E-state index contributed by atoms with van der Waals surface area (Å²) in [6, 6.07) is 12.0. The molecule has 1 atom stereocenters. The molecule has 2 aromatic rings. The van der Waals surface area contributed by atoms with Crippen molar-refractivity contribution in [1.82, 2.24) is 15.1 Å². The zero-order valence-corrected chi connectivity index (χ0v) is 10.8. The van der Waals surface area contributed by atoms with Crippen LogP contribution in [0.15, 0.2) is 36.4 Å². The Morgan fingerprint density at radius 1 is 1.33 bits per heavy atom. The van der Waals surface area contributed by atoms with Crippen molar-refractivity contribution in [3.8, 4) is 0 Å². The van der Waals surface area contributed by atoms with E-state index in [1.807, 2.05) is 29.8 Å². The summed E-state index contributed by atoms with van der Waals surface area (Å²) in [5.41, 5.74) is 2.61. The Labute approximate surface area is 107 Å². The summed E-state index contributed by atoms with van der Waals surface area (Å²) < 4.78 is 1.87. The highest BCUT2D eigenvalue weighted by molar-refractivity contribution is 5.92. The van der Waals surface area contributed by atoms with E-state index in [0.717, 1.165) is 5.69 Å². The topological polar surface area (TPSA) is 46.9 Å². The van der Waals surface area contributed by atoms with Crippen molar-refractivity contribution in [2.45, 2.75) is 19.9 Å². The number of hydrogen-bond donors (Lipinski definition) is 1. The first-order valence-corrected chi connectivity index (χ1v) is 5.96. The quantitative estimate of drug-likeness (QED) is 0.898. The maximum atomic E-state index is 11.6. The molecule has 0 aliphatic rings. The molecule has 0 bridgehead atoms. The van der Waals surface area contributed by atoms with E-state index in [4.69, 9.17) is 0 Å². The average molecular weight is 243 g/mol. The van der Waals surface area contributed by atoms with Crippen LogP contribution in [0.3, 0.4) is 0 Å². The molecule has 0 saturated heterocycles. The van der Waals surface area contributed by atoms with Crippen LogP contribution in [0.4, 0.5) is 0 Å². The second kappa shape index (κ2) is 5.04. The number of nitrogens with one attached hydrogen (secondary N) is 1. The smallest absolute Gasteiger partial charge is 0.271 e. The van der Waals surface area contributed by atoms with E-state index >= 15 is 0 Å². The Morgan fingerprint density at radius 2 is 2.00 bits per heavy atom. The highest BCUT2D eigenvalue weighted by atomic mass is 16.1. The van der Waals surface area contributed by atoms with Gasteiger partial charge < -0.3 is 5.32 Å². The van der Waals surface area contributed by atoms with Gasteiger partial charge in [0.25, 0.3) is 5.91 Å². The predicted molar refractivity (Wildman–Crippen MR) is 70.6 cm³/mol. The van der Waals surface area contributed by atoms with Crippen LogP contribution < -0.4 is 5.32 Å². The number of aromatic nitrogens is 2. The number of carbonyl (C=O) groups excluding carboxylic acids is 1. The Bertz CT molecular complexity index is 545. The first-order valence-electron chi connectivity index (χ1n) is 5.96. The van der Waals surface area contributed by atoms with Gasteiger partial charge in [0.05, 0.1) is 6.04 Å². The summed E-state index contributed by atoms with van der Waals surface area (Å²) in [6.07, 6.45) is 0. The normalized spacial score (nSPS) is 12.2. The molecule has 0 fully saturated rings. The van der Waals surface area contributed by atoms with Crippen molar-refractivity contribution >= 4 is 5.91 Å². The number of amides is 1. The maximum absolute atomic E-state index is 11.6. The summed E-state index contributed by atoms with van der Waals surface area (Å²) in [6.45, 7) is 4.03. The molecule has 0 aliphatic carbocycles. The average Bonchev–Trinajstić information content (AvgIpc) is 2.80. The van der Waals surface area contributed by atoms with Crippen LogP contribution >= 0.6 is 0 Å². The Hall–Kier alpha value is -2.10. The van der Waals surface area contributed by atoms with E-state index in [9.17, 15) is 4.79 Å². The summed E-state index contributed by atoms with van der Waals surface area (Å²) in [5, 5.41) is 6.95. The van der Waals surface area contributed by atoms with Crippen LogP contribution in [-0.2, 0) is 0 Å². The molecule has 1 heterocycles. The Morgan fingerprint density at radius 3 is 2.61 bits per heavy atom.